The van der Waals surface area contributed by atoms with Crippen LogP contribution < -0.4 is 9.44 Å². The summed E-state index contributed by atoms with van der Waals surface area (Å²) in [5, 5.41) is 0. The molecule has 0 saturated carbocycles. The number of hydrogen-bond acceptors (Lipinski definition) is 9. The first-order valence-electron chi connectivity index (χ1n) is 18.0. The summed E-state index contributed by atoms with van der Waals surface area (Å²) in [6.45, 7) is 5.09. The van der Waals surface area contributed by atoms with Crippen molar-refractivity contribution in [3.8, 4) is 0 Å². The Balaban J connectivity index is 1.31. The molecule has 1 aliphatic rings. The van der Waals surface area contributed by atoms with E-state index in [1.807, 2.05) is 13.8 Å². The molecule has 15 heteroatoms. The van der Waals surface area contributed by atoms with Gasteiger partial charge in [-0.3, -0.25) is 9.59 Å². The van der Waals surface area contributed by atoms with Crippen LogP contribution in [0.3, 0.4) is 0 Å². The second-order valence-electron chi connectivity index (χ2n) is 13.0. The summed E-state index contributed by atoms with van der Waals surface area (Å²) in [5.41, 5.74) is 2.73. The molecular formula is C40H48N4O9S2. The minimum absolute atomic E-state index is 0.0344. The van der Waals surface area contributed by atoms with Crippen molar-refractivity contribution < 1.29 is 40.6 Å². The molecule has 55 heavy (non-hydrogen) atoms. The van der Waals surface area contributed by atoms with Gasteiger partial charge in [-0.25, -0.2) is 16.8 Å². The second-order valence-corrected chi connectivity index (χ2v) is 16.5. The van der Waals surface area contributed by atoms with Crippen LogP contribution >= 0.6 is 0 Å². The van der Waals surface area contributed by atoms with E-state index in [0.29, 0.717) is 11.1 Å². The third-order valence-electron chi connectivity index (χ3n) is 8.99. The lowest BCUT2D eigenvalue weighted by Crippen LogP contribution is -2.46. The van der Waals surface area contributed by atoms with Crippen LogP contribution in [0.15, 0.2) is 119 Å². The SMILES string of the molecule is Cc1ccc(S(=O)(=O)N[C@H](C(=O)N2CCOCCOCCN(C(=O)[C@H](NS(=O)(=O)c3ccc(C)cc3)c3ccccc3)CCOCC2)c2ccccc2)cc1. The van der Waals surface area contributed by atoms with Crippen LogP contribution in [0.5, 0.6) is 0 Å². The Morgan fingerprint density at radius 2 is 0.800 bits per heavy atom. The molecule has 4 aromatic carbocycles. The standard InChI is InChI=1S/C40H48N4O9S2/c1-31-13-17-35(18-14-31)54(47,48)41-37(33-9-5-3-6-10-33)39(45)43-21-25-51-26-22-44(24-28-53-30-29-52-27-23-43)40(46)38(34-11-7-4-8-12-34)42-55(49,50)36-19-15-32(2)16-20-36/h3-20,37-38,41-42H,21-30H2,1-2H3/t37-,38+. The average Bonchev–Trinajstić information content (AvgIpc) is 3.19. The van der Waals surface area contributed by atoms with Gasteiger partial charge < -0.3 is 24.0 Å². The predicted octanol–water partition coefficient (Wildman–Crippen LogP) is 3.76. The Morgan fingerprint density at radius 3 is 1.13 bits per heavy atom. The van der Waals surface area contributed by atoms with Gasteiger partial charge >= 0.3 is 0 Å². The number of aryl methyl sites for hydroxylation is 2. The highest BCUT2D eigenvalue weighted by Crippen LogP contribution is 2.22. The van der Waals surface area contributed by atoms with E-state index in [9.17, 15) is 26.4 Å². The Bertz CT molecular complexity index is 1900. The number of carbonyl (C=O) groups excluding carboxylic acids is 2. The number of nitrogens with zero attached hydrogens (tertiary/aromatic N) is 2. The summed E-state index contributed by atoms with van der Waals surface area (Å²) in [4.78, 5) is 31.4. The Kier molecular flexibility index (Phi) is 15.1. The average molecular weight is 793 g/mol. The van der Waals surface area contributed by atoms with E-state index < -0.39 is 43.9 Å². The van der Waals surface area contributed by atoms with Crippen molar-refractivity contribution in [2.45, 2.75) is 35.7 Å². The van der Waals surface area contributed by atoms with E-state index in [1.165, 1.54) is 34.1 Å². The number of ether oxygens (including phenoxy) is 3. The summed E-state index contributed by atoms with van der Waals surface area (Å²) < 4.78 is 76.7. The quantitative estimate of drug-likeness (QED) is 0.244. The number of benzene rings is 4. The van der Waals surface area contributed by atoms with E-state index in [1.54, 1.807) is 84.9 Å². The van der Waals surface area contributed by atoms with Gasteiger partial charge in [-0.1, -0.05) is 96.1 Å². The van der Waals surface area contributed by atoms with E-state index >= 15 is 0 Å². The van der Waals surface area contributed by atoms with Crippen molar-refractivity contribution >= 4 is 31.9 Å². The highest BCUT2D eigenvalue weighted by molar-refractivity contribution is 7.89. The van der Waals surface area contributed by atoms with Gasteiger partial charge in [0, 0.05) is 26.2 Å². The van der Waals surface area contributed by atoms with Crippen molar-refractivity contribution in [2.75, 3.05) is 65.8 Å². The molecule has 5 rings (SSSR count). The highest BCUT2D eigenvalue weighted by Gasteiger charge is 2.32. The van der Waals surface area contributed by atoms with Crippen LogP contribution in [0, 0.1) is 13.8 Å². The summed E-state index contributed by atoms with van der Waals surface area (Å²) in [6, 6.07) is 27.5. The summed E-state index contributed by atoms with van der Waals surface area (Å²) in [6.07, 6.45) is 0. The zero-order valence-corrected chi connectivity index (χ0v) is 32.6. The number of amides is 2. The minimum Gasteiger partial charge on any atom is -0.378 e. The summed E-state index contributed by atoms with van der Waals surface area (Å²) >= 11 is 0. The van der Waals surface area contributed by atoms with E-state index in [2.05, 4.69) is 9.44 Å². The van der Waals surface area contributed by atoms with Crippen LogP contribution in [0.4, 0.5) is 0 Å². The summed E-state index contributed by atoms with van der Waals surface area (Å²) in [7, 11) is -8.18. The molecule has 0 radical (unpaired) electrons. The Labute approximate surface area is 323 Å². The number of carbonyl (C=O) groups is 2. The van der Waals surface area contributed by atoms with E-state index in [4.69, 9.17) is 14.2 Å². The van der Waals surface area contributed by atoms with Crippen LogP contribution in [0.2, 0.25) is 0 Å². The minimum atomic E-state index is -4.09. The molecule has 1 heterocycles. The zero-order valence-electron chi connectivity index (χ0n) is 31.0. The third kappa shape index (κ3) is 12.0. The lowest BCUT2D eigenvalue weighted by atomic mass is 10.1. The second kappa shape index (κ2) is 19.9. The first-order chi connectivity index (χ1) is 26.4. The van der Waals surface area contributed by atoms with Gasteiger partial charge in [0.05, 0.1) is 49.4 Å². The molecule has 0 unspecified atom stereocenters. The maximum absolute atomic E-state index is 14.2. The number of sulfonamides is 2. The van der Waals surface area contributed by atoms with Gasteiger partial charge in [-0.2, -0.15) is 9.44 Å². The molecule has 0 aliphatic carbocycles. The van der Waals surface area contributed by atoms with Crippen molar-refractivity contribution in [3.63, 3.8) is 0 Å². The number of rotatable bonds is 10. The topological polar surface area (TPSA) is 161 Å². The molecule has 0 bridgehead atoms. The number of nitrogens with one attached hydrogen (secondary N) is 2. The van der Waals surface area contributed by atoms with Crippen molar-refractivity contribution in [1.29, 1.82) is 0 Å². The molecule has 0 aromatic heterocycles. The maximum atomic E-state index is 14.2. The molecule has 1 fully saturated rings. The monoisotopic (exact) mass is 792 g/mol. The van der Waals surface area contributed by atoms with Crippen molar-refractivity contribution in [3.05, 3.63) is 131 Å². The number of hydrogen-bond donors (Lipinski definition) is 2. The fourth-order valence-electron chi connectivity index (χ4n) is 5.85. The third-order valence-corrected chi connectivity index (χ3v) is 11.9. The predicted molar refractivity (Wildman–Crippen MR) is 207 cm³/mol. The lowest BCUT2D eigenvalue weighted by Gasteiger charge is -2.29. The molecule has 0 spiro atoms. The molecule has 4 aromatic rings. The van der Waals surface area contributed by atoms with Crippen LogP contribution in [-0.4, -0.2) is 104 Å². The highest BCUT2D eigenvalue weighted by atomic mass is 32.2. The van der Waals surface area contributed by atoms with Crippen LogP contribution in [0.1, 0.15) is 34.3 Å². The van der Waals surface area contributed by atoms with Gasteiger partial charge in [0.15, 0.2) is 0 Å². The molecule has 2 N–H and O–H groups in total. The fraction of sp³-hybridized carbons (Fsp3) is 0.350. The Morgan fingerprint density at radius 1 is 0.491 bits per heavy atom. The molecule has 294 valence electrons. The zero-order chi connectivity index (χ0) is 39.3. The van der Waals surface area contributed by atoms with Gasteiger partial charge in [0.1, 0.15) is 12.1 Å². The van der Waals surface area contributed by atoms with Gasteiger partial charge in [-0.05, 0) is 49.2 Å². The van der Waals surface area contributed by atoms with Crippen LogP contribution in [0.25, 0.3) is 0 Å². The van der Waals surface area contributed by atoms with Gasteiger partial charge in [0.2, 0.25) is 31.9 Å². The van der Waals surface area contributed by atoms with Gasteiger partial charge in [0.25, 0.3) is 0 Å². The first-order valence-corrected chi connectivity index (χ1v) is 21.0. The molecule has 2 amide bonds. The van der Waals surface area contributed by atoms with Crippen molar-refractivity contribution in [2.24, 2.45) is 0 Å². The normalized spacial score (nSPS) is 16.7. The maximum Gasteiger partial charge on any atom is 0.245 e. The fourth-order valence-corrected chi connectivity index (χ4v) is 8.20. The molecular weight excluding hydrogens is 745 g/mol. The van der Waals surface area contributed by atoms with Crippen LogP contribution in [-0.2, 0) is 43.8 Å². The lowest BCUT2D eigenvalue weighted by molar-refractivity contribution is -0.135. The smallest absolute Gasteiger partial charge is 0.245 e. The molecule has 1 aliphatic heterocycles. The molecule has 13 nitrogen and oxygen atoms in total. The largest absolute Gasteiger partial charge is 0.378 e. The summed E-state index contributed by atoms with van der Waals surface area (Å²) in [5.74, 6) is -0.976. The van der Waals surface area contributed by atoms with Gasteiger partial charge in [-0.15, -0.1) is 0 Å². The first kappa shape index (κ1) is 41.7. The van der Waals surface area contributed by atoms with E-state index in [0.717, 1.165) is 11.1 Å². The van der Waals surface area contributed by atoms with E-state index in [-0.39, 0.29) is 75.6 Å². The van der Waals surface area contributed by atoms with Crippen molar-refractivity contribution in [1.82, 2.24) is 19.2 Å². The molecule has 1 saturated heterocycles. The molecule has 2 atom stereocenters. The Hall–Kier alpha value is -4.48.